The number of morpholine rings is 1. The number of hydrogen-bond donors (Lipinski definition) is 2. The first-order chi connectivity index (χ1) is 32.1. The van der Waals surface area contributed by atoms with E-state index in [2.05, 4.69) is 88.1 Å². The highest BCUT2D eigenvalue weighted by molar-refractivity contribution is 7.99. The van der Waals surface area contributed by atoms with E-state index in [1.165, 1.54) is 29.6 Å². The summed E-state index contributed by atoms with van der Waals surface area (Å²) in [6.07, 6.45) is 2.05. The summed E-state index contributed by atoms with van der Waals surface area (Å²) >= 11 is 1.66. The van der Waals surface area contributed by atoms with Crippen LogP contribution in [0.15, 0.2) is 131 Å². The lowest BCUT2D eigenvalue weighted by Gasteiger charge is -2.36. The molecule has 0 radical (unpaired) electrons. The van der Waals surface area contributed by atoms with Crippen molar-refractivity contribution in [3.05, 3.63) is 137 Å². The molecule has 2 aliphatic heterocycles. The Morgan fingerprint density at radius 1 is 0.864 bits per heavy atom. The maximum atomic E-state index is 13.8. The minimum atomic E-state index is -4.28. The van der Waals surface area contributed by atoms with Gasteiger partial charge < -0.3 is 24.6 Å². The number of fused-ring (bicyclic) bond motifs is 1. The zero-order valence-electron chi connectivity index (χ0n) is 37.4. The van der Waals surface area contributed by atoms with Gasteiger partial charge in [0.1, 0.15) is 24.4 Å². The van der Waals surface area contributed by atoms with E-state index in [-0.39, 0.29) is 28.1 Å². The number of thioether (sulfide) groups is 1. The Labute approximate surface area is 391 Å². The number of nitro benzene ring substituents is 1. The van der Waals surface area contributed by atoms with Gasteiger partial charge in [-0.25, -0.2) is 18.4 Å². The molecule has 2 N–H and O–H groups in total. The van der Waals surface area contributed by atoms with Gasteiger partial charge in [0.05, 0.1) is 28.5 Å². The van der Waals surface area contributed by atoms with Crippen molar-refractivity contribution in [1.82, 2.24) is 24.7 Å². The molecule has 66 heavy (non-hydrogen) atoms. The molecule has 0 spiro atoms. The molecule has 8 rings (SSSR count). The minimum absolute atomic E-state index is 0.0903. The molecule has 2 aliphatic rings. The van der Waals surface area contributed by atoms with Crippen LogP contribution in [0.25, 0.3) is 22.0 Å². The summed E-state index contributed by atoms with van der Waals surface area (Å²) < 4.78 is 41.7. The van der Waals surface area contributed by atoms with E-state index in [1.54, 1.807) is 11.8 Å². The van der Waals surface area contributed by atoms with Crippen molar-refractivity contribution in [2.75, 3.05) is 107 Å². The van der Waals surface area contributed by atoms with Crippen LogP contribution in [-0.4, -0.2) is 136 Å². The Balaban J connectivity index is 0.884. The molecule has 0 saturated carbocycles. The smallest absolute Gasteiger partial charge is 0.293 e. The van der Waals surface area contributed by atoms with Crippen LogP contribution in [0, 0.1) is 10.1 Å². The van der Waals surface area contributed by atoms with E-state index < -0.39 is 14.9 Å². The van der Waals surface area contributed by atoms with Crippen molar-refractivity contribution in [3.63, 3.8) is 0 Å². The van der Waals surface area contributed by atoms with Gasteiger partial charge in [-0.15, -0.1) is 11.8 Å². The number of nitro groups is 1. The second-order valence-corrected chi connectivity index (χ2v) is 19.5. The first kappa shape index (κ1) is 46.7. The molecule has 0 bridgehead atoms. The summed E-state index contributed by atoms with van der Waals surface area (Å²) in [7, 11) is -0.318. The molecule has 2 saturated heterocycles. The third-order valence-corrected chi connectivity index (χ3v) is 14.4. The van der Waals surface area contributed by atoms with Gasteiger partial charge in [-0.05, 0) is 98.3 Å². The van der Waals surface area contributed by atoms with Crippen molar-refractivity contribution in [2.24, 2.45) is 0 Å². The number of anilines is 3. The number of sulfonamides is 1. The van der Waals surface area contributed by atoms with Gasteiger partial charge in [-0.2, -0.15) is 0 Å². The standard InChI is InChI=1S/C49H57N9O6S2/c1-54(2)21-20-39(35-65-42-9-4-3-5-10-42)52-46-19-17-43(33-48(46)58(59)60)66(61,62)53-49-45-18-14-40(32-47(45)50-36-51-49)57-24-22-56(23-25-57)34-38-8-6-7-11-44(38)37-12-15-41(16-13-37)64-31-28-55-26-29-63-30-27-55/h3-19,32-33,36,39,52H,20-31,34-35H2,1-2H3,(H,50,51,53). The monoisotopic (exact) mass is 931 g/mol. The van der Waals surface area contributed by atoms with E-state index in [4.69, 9.17) is 9.47 Å². The second-order valence-electron chi connectivity index (χ2n) is 16.8. The van der Waals surface area contributed by atoms with Crippen molar-refractivity contribution >= 4 is 55.6 Å². The molecule has 346 valence electrons. The summed E-state index contributed by atoms with van der Waals surface area (Å²) in [5.74, 6) is 1.62. The van der Waals surface area contributed by atoms with Gasteiger partial charge in [0.25, 0.3) is 15.7 Å². The first-order valence-electron chi connectivity index (χ1n) is 22.3. The number of hydrogen-bond acceptors (Lipinski definition) is 14. The number of rotatable bonds is 20. The summed E-state index contributed by atoms with van der Waals surface area (Å²) in [5.41, 5.74) is 5.12. The maximum Gasteiger partial charge on any atom is 0.293 e. The summed E-state index contributed by atoms with van der Waals surface area (Å²) in [6, 6.07) is 36.5. The Morgan fingerprint density at radius 3 is 2.38 bits per heavy atom. The quantitative estimate of drug-likeness (QED) is 0.0439. The zero-order valence-corrected chi connectivity index (χ0v) is 39.1. The van der Waals surface area contributed by atoms with Gasteiger partial charge in [0.15, 0.2) is 5.82 Å². The second kappa shape index (κ2) is 22.1. The molecule has 1 atom stereocenters. The van der Waals surface area contributed by atoms with E-state index in [0.717, 1.165) is 106 Å². The molecular weight excluding hydrogens is 875 g/mol. The molecular formula is C49H57N9O6S2. The molecule has 1 aromatic heterocycles. The van der Waals surface area contributed by atoms with Crippen LogP contribution in [0.5, 0.6) is 5.75 Å². The highest BCUT2D eigenvalue weighted by Crippen LogP contribution is 2.33. The van der Waals surface area contributed by atoms with Gasteiger partial charge in [0.2, 0.25) is 0 Å². The first-order valence-corrected chi connectivity index (χ1v) is 24.8. The largest absolute Gasteiger partial charge is 0.492 e. The lowest BCUT2D eigenvalue weighted by Crippen LogP contribution is -2.46. The highest BCUT2D eigenvalue weighted by atomic mass is 32.2. The van der Waals surface area contributed by atoms with E-state index in [0.29, 0.717) is 23.3 Å². The summed E-state index contributed by atoms with van der Waals surface area (Å²) in [6.45, 7) is 9.94. The SMILES string of the molecule is CN(C)CCC(CSc1ccccc1)Nc1ccc(S(=O)(=O)Nc2ncnc3cc(N4CCN(Cc5ccccc5-c5ccc(OCCN6CCOCC6)cc5)CC4)ccc23)cc1[N+](=O)[O-]. The molecule has 1 unspecified atom stereocenters. The topological polar surface area (TPSA) is 159 Å². The third-order valence-electron chi connectivity index (χ3n) is 11.9. The molecule has 15 nitrogen and oxygen atoms in total. The number of ether oxygens (including phenoxy) is 2. The average molecular weight is 932 g/mol. The van der Waals surface area contributed by atoms with E-state index in [1.807, 2.05) is 62.6 Å². The Morgan fingerprint density at radius 2 is 1.62 bits per heavy atom. The number of aromatic nitrogens is 2. The van der Waals surface area contributed by atoms with Crippen LogP contribution in [-0.2, 0) is 21.3 Å². The van der Waals surface area contributed by atoms with Crippen LogP contribution in [0.2, 0.25) is 0 Å². The van der Waals surface area contributed by atoms with Crippen LogP contribution in [0.1, 0.15) is 12.0 Å². The molecule has 3 heterocycles. The Kier molecular flexibility index (Phi) is 15.6. The predicted octanol–water partition coefficient (Wildman–Crippen LogP) is 7.56. The van der Waals surface area contributed by atoms with E-state index >= 15 is 0 Å². The molecule has 5 aromatic carbocycles. The van der Waals surface area contributed by atoms with Gasteiger partial charge in [0, 0.05) is 86.2 Å². The average Bonchev–Trinajstić information content (AvgIpc) is 3.33. The highest BCUT2D eigenvalue weighted by Gasteiger charge is 2.25. The van der Waals surface area contributed by atoms with Gasteiger partial charge >= 0.3 is 0 Å². The molecule has 6 aromatic rings. The van der Waals surface area contributed by atoms with E-state index in [9.17, 15) is 18.5 Å². The van der Waals surface area contributed by atoms with Crippen molar-refractivity contribution in [2.45, 2.75) is 28.8 Å². The van der Waals surface area contributed by atoms with Crippen molar-refractivity contribution in [1.29, 1.82) is 0 Å². The molecule has 17 heteroatoms. The lowest BCUT2D eigenvalue weighted by atomic mass is 9.99. The number of piperazine rings is 1. The molecule has 2 fully saturated rings. The fraction of sp³-hybridized carbons (Fsp3) is 0.347. The zero-order chi connectivity index (χ0) is 45.9. The summed E-state index contributed by atoms with van der Waals surface area (Å²) in [4.78, 5) is 30.6. The lowest BCUT2D eigenvalue weighted by molar-refractivity contribution is -0.384. The number of nitrogens with one attached hydrogen (secondary N) is 2. The Hall–Kier alpha value is -5.82. The fourth-order valence-corrected chi connectivity index (χ4v) is 10.2. The predicted molar refractivity (Wildman–Crippen MR) is 263 cm³/mol. The van der Waals surface area contributed by atoms with Crippen molar-refractivity contribution < 1.29 is 22.8 Å². The Bertz CT molecular complexity index is 2660. The minimum Gasteiger partial charge on any atom is -0.492 e. The van der Waals surface area contributed by atoms with Crippen LogP contribution in [0.3, 0.4) is 0 Å². The molecule has 0 aliphatic carbocycles. The maximum absolute atomic E-state index is 13.8. The third kappa shape index (κ3) is 12.3. The molecule has 0 amide bonds. The normalized spacial score (nSPS) is 15.5. The van der Waals surface area contributed by atoms with Crippen molar-refractivity contribution in [3.8, 4) is 16.9 Å². The van der Waals surface area contributed by atoms with Crippen LogP contribution >= 0.6 is 11.8 Å². The number of benzene rings is 5. The van der Waals surface area contributed by atoms with Gasteiger partial charge in [-0.1, -0.05) is 54.6 Å². The van der Waals surface area contributed by atoms with Crippen LogP contribution in [0.4, 0.5) is 22.9 Å². The van der Waals surface area contributed by atoms with Crippen LogP contribution < -0.4 is 19.7 Å². The summed E-state index contributed by atoms with van der Waals surface area (Å²) in [5, 5.41) is 16.2. The van der Waals surface area contributed by atoms with Gasteiger partial charge in [-0.3, -0.25) is 24.6 Å². The number of nitrogens with zero attached hydrogens (tertiary/aromatic N) is 7. The fourth-order valence-electron chi connectivity index (χ4n) is 8.20.